The average Bonchev–Trinajstić information content (AvgIpc) is 2.65. The zero-order chi connectivity index (χ0) is 18.6. The van der Waals surface area contributed by atoms with Crippen molar-refractivity contribution >= 4 is 22.4 Å². The van der Waals surface area contributed by atoms with Crippen molar-refractivity contribution in [2.45, 2.75) is 29.9 Å². The molecule has 2 atom stereocenters. The van der Waals surface area contributed by atoms with Gasteiger partial charge in [0, 0.05) is 38.4 Å². The summed E-state index contributed by atoms with van der Waals surface area (Å²) in [5.41, 5.74) is 5.83. The highest BCUT2D eigenvalue weighted by Crippen LogP contribution is 2.40. The second kappa shape index (κ2) is 9.61. The number of rotatable bonds is 7. The van der Waals surface area contributed by atoms with Crippen LogP contribution < -0.4 is 19.9 Å². The van der Waals surface area contributed by atoms with Crippen LogP contribution in [0.5, 0.6) is 17.2 Å². The van der Waals surface area contributed by atoms with Crippen LogP contribution in [-0.2, 0) is 14.8 Å². The van der Waals surface area contributed by atoms with E-state index in [1.54, 1.807) is 7.11 Å². The molecule has 1 aromatic carbocycles. The van der Waals surface area contributed by atoms with Gasteiger partial charge in [-0.15, -0.1) is 12.4 Å². The van der Waals surface area contributed by atoms with Gasteiger partial charge in [-0.05, 0) is 12.8 Å². The molecule has 8 nitrogen and oxygen atoms in total. The second-order valence-electron chi connectivity index (χ2n) is 5.75. The van der Waals surface area contributed by atoms with Crippen molar-refractivity contribution in [2.75, 3.05) is 41.5 Å². The summed E-state index contributed by atoms with van der Waals surface area (Å²) in [5.74, 6) is 0.780. The van der Waals surface area contributed by atoms with Crippen molar-refractivity contribution in [3.05, 3.63) is 12.1 Å². The van der Waals surface area contributed by atoms with Crippen LogP contribution in [-0.4, -0.2) is 66.4 Å². The van der Waals surface area contributed by atoms with E-state index < -0.39 is 10.0 Å². The van der Waals surface area contributed by atoms with Gasteiger partial charge in [0.25, 0.3) is 10.0 Å². The smallest absolute Gasteiger partial charge is 0.250 e. The van der Waals surface area contributed by atoms with Gasteiger partial charge >= 0.3 is 0 Å². The average molecular weight is 411 g/mol. The number of halogens is 1. The van der Waals surface area contributed by atoms with Crippen LogP contribution in [0.25, 0.3) is 0 Å². The monoisotopic (exact) mass is 410 g/mol. The van der Waals surface area contributed by atoms with E-state index in [0.717, 1.165) is 0 Å². The van der Waals surface area contributed by atoms with Crippen LogP contribution in [0.15, 0.2) is 17.0 Å². The van der Waals surface area contributed by atoms with Gasteiger partial charge in [-0.2, -0.15) is 4.31 Å². The first kappa shape index (κ1) is 22.8. The minimum Gasteiger partial charge on any atom is -0.496 e. The number of methoxy groups -OCH3 is 4. The lowest BCUT2D eigenvalue weighted by molar-refractivity contribution is 0.0401. The molecule has 150 valence electrons. The zero-order valence-electron chi connectivity index (χ0n) is 15.4. The maximum atomic E-state index is 13.3. The molecular weight excluding hydrogens is 384 g/mol. The molecule has 1 heterocycles. The Kier molecular flexibility index (Phi) is 8.42. The van der Waals surface area contributed by atoms with Gasteiger partial charge in [-0.25, -0.2) is 8.42 Å². The summed E-state index contributed by atoms with van der Waals surface area (Å²) in [6, 6.07) is 2.70. The zero-order valence-corrected chi connectivity index (χ0v) is 17.1. The molecule has 1 aliphatic heterocycles. The molecular formula is C16H27ClN2O6S. The van der Waals surface area contributed by atoms with E-state index >= 15 is 0 Å². The Bertz CT molecular complexity index is 675. The number of hydrogen-bond donors (Lipinski definition) is 1. The SMILES string of the molecule is COc1cc(OC)c(S(=O)(=O)N2CCC(OC)CC2CN)c(OC)c1.Cl. The molecule has 0 aromatic heterocycles. The first-order chi connectivity index (χ1) is 11.9. The molecule has 0 saturated carbocycles. The number of nitrogens with two attached hydrogens (primary N) is 1. The summed E-state index contributed by atoms with van der Waals surface area (Å²) < 4.78 is 49.2. The van der Waals surface area contributed by atoms with E-state index in [9.17, 15) is 8.42 Å². The van der Waals surface area contributed by atoms with Crippen LogP contribution >= 0.6 is 12.4 Å². The summed E-state index contributed by atoms with van der Waals surface area (Å²) in [4.78, 5) is -0.0207. The van der Waals surface area contributed by atoms with Crippen LogP contribution in [0.1, 0.15) is 12.8 Å². The lowest BCUT2D eigenvalue weighted by Crippen LogP contribution is -2.51. The normalized spacial score (nSPS) is 21.0. The molecule has 2 N–H and O–H groups in total. The predicted octanol–water partition coefficient (Wildman–Crippen LogP) is 1.26. The molecule has 1 fully saturated rings. The van der Waals surface area contributed by atoms with Gasteiger partial charge in [-0.3, -0.25) is 0 Å². The molecule has 2 unspecified atom stereocenters. The Morgan fingerprint density at radius 1 is 1.12 bits per heavy atom. The van der Waals surface area contributed by atoms with E-state index in [1.165, 1.54) is 37.8 Å². The Balaban J connectivity index is 0.00000338. The number of hydrogen-bond acceptors (Lipinski definition) is 7. The Morgan fingerprint density at radius 3 is 2.12 bits per heavy atom. The molecule has 1 aromatic rings. The van der Waals surface area contributed by atoms with Gasteiger partial charge in [-0.1, -0.05) is 0 Å². The third-order valence-electron chi connectivity index (χ3n) is 4.46. The van der Waals surface area contributed by atoms with Gasteiger partial charge < -0.3 is 24.7 Å². The molecule has 0 aliphatic carbocycles. The molecule has 10 heteroatoms. The Hall–Kier alpha value is -1.26. The van der Waals surface area contributed by atoms with Crippen molar-refractivity contribution in [2.24, 2.45) is 5.73 Å². The van der Waals surface area contributed by atoms with Crippen molar-refractivity contribution in [3.63, 3.8) is 0 Å². The number of nitrogens with zero attached hydrogens (tertiary/aromatic N) is 1. The van der Waals surface area contributed by atoms with Crippen LogP contribution in [0, 0.1) is 0 Å². The molecule has 0 bridgehead atoms. The molecule has 26 heavy (non-hydrogen) atoms. The van der Waals surface area contributed by atoms with Crippen molar-refractivity contribution in [3.8, 4) is 17.2 Å². The number of benzene rings is 1. The quantitative estimate of drug-likeness (QED) is 0.722. The van der Waals surface area contributed by atoms with Crippen molar-refractivity contribution in [1.29, 1.82) is 0 Å². The summed E-state index contributed by atoms with van der Waals surface area (Å²) in [6.45, 7) is 0.529. The standard InChI is InChI=1S/C16H26N2O6S.ClH/c1-21-12-5-6-18(11(7-12)10-17)25(19,20)16-14(23-3)8-13(22-2)9-15(16)24-4;/h8-9,11-12H,5-7,10,17H2,1-4H3;1H. The fraction of sp³-hybridized carbons (Fsp3) is 0.625. The lowest BCUT2D eigenvalue weighted by atomic mass is 10.0. The van der Waals surface area contributed by atoms with Gasteiger partial charge in [0.15, 0.2) is 4.90 Å². The summed E-state index contributed by atoms with van der Waals surface area (Å²) in [7, 11) is 2.05. The number of piperidine rings is 1. The second-order valence-corrected chi connectivity index (χ2v) is 7.58. The molecule has 2 rings (SSSR count). The van der Waals surface area contributed by atoms with E-state index in [2.05, 4.69) is 0 Å². The van der Waals surface area contributed by atoms with E-state index in [4.69, 9.17) is 24.7 Å². The molecule has 0 amide bonds. The summed E-state index contributed by atoms with van der Waals surface area (Å²) in [5, 5.41) is 0. The third kappa shape index (κ3) is 4.34. The van der Waals surface area contributed by atoms with Crippen molar-refractivity contribution < 1.29 is 27.4 Å². The molecule has 1 aliphatic rings. The highest BCUT2D eigenvalue weighted by Gasteiger charge is 2.39. The van der Waals surface area contributed by atoms with Crippen LogP contribution in [0.3, 0.4) is 0 Å². The largest absolute Gasteiger partial charge is 0.496 e. The molecule has 0 radical (unpaired) electrons. The fourth-order valence-corrected chi connectivity index (χ4v) is 5.02. The van der Waals surface area contributed by atoms with E-state index in [1.807, 2.05) is 0 Å². The summed E-state index contributed by atoms with van der Waals surface area (Å²) in [6.07, 6.45) is 1.15. The van der Waals surface area contributed by atoms with Gasteiger partial charge in [0.2, 0.25) is 0 Å². The number of ether oxygens (including phenoxy) is 4. The van der Waals surface area contributed by atoms with E-state index in [0.29, 0.717) is 25.1 Å². The van der Waals surface area contributed by atoms with Crippen molar-refractivity contribution in [1.82, 2.24) is 4.31 Å². The summed E-state index contributed by atoms with van der Waals surface area (Å²) >= 11 is 0. The maximum Gasteiger partial charge on any atom is 0.250 e. The van der Waals surface area contributed by atoms with Crippen LogP contribution in [0.4, 0.5) is 0 Å². The fourth-order valence-electron chi connectivity index (χ4n) is 3.08. The van der Waals surface area contributed by atoms with Gasteiger partial charge in [0.1, 0.15) is 17.2 Å². The topological polar surface area (TPSA) is 100 Å². The minimum absolute atomic E-state index is 0. The maximum absolute atomic E-state index is 13.3. The predicted molar refractivity (Wildman–Crippen MR) is 100 cm³/mol. The lowest BCUT2D eigenvalue weighted by Gasteiger charge is -2.37. The molecule has 1 saturated heterocycles. The Morgan fingerprint density at radius 2 is 1.69 bits per heavy atom. The Labute approximate surface area is 161 Å². The van der Waals surface area contributed by atoms with Crippen LogP contribution in [0.2, 0.25) is 0 Å². The number of sulfonamides is 1. The molecule has 0 spiro atoms. The highest BCUT2D eigenvalue weighted by molar-refractivity contribution is 7.89. The first-order valence-corrected chi connectivity index (χ1v) is 9.41. The first-order valence-electron chi connectivity index (χ1n) is 7.97. The minimum atomic E-state index is -3.87. The van der Waals surface area contributed by atoms with Gasteiger partial charge in [0.05, 0.1) is 27.4 Å². The highest BCUT2D eigenvalue weighted by atomic mass is 35.5. The third-order valence-corrected chi connectivity index (χ3v) is 6.47. The van der Waals surface area contributed by atoms with E-state index in [-0.39, 0.29) is 47.5 Å².